The molecule has 1 aliphatic rings. The van der Waals surface area contributed by atoms with E-state index in [0.29, 0.717) is 61.6 Å². The third-order valence-electron chi connectivity index (χ3n) is 7.71. The lowest BCUT2D eigenvalue weighted by Crippen LogP contribution is -2.29. The number of unbranched alkanes of at least 4 members (excludes halogenated alkanes) is 5. The fourth-order valence-corrected chi connectivity index (χ4v) is 5.17. The van der Waals surface area contributed by atoms with Crippen molar-refractivity contribution in [2.24, 2.45) is 5.92 Å². The maximum Gasteiger partial charge on any atom is 0.389 e. The molecule has 0 bridgehead atoms. The van der Waals surface area contributed by atoms with Gasteiger partial charge in [-0.15, -0.1) is 0 Å². The molecule has 0 heterocycles. The van der Waals surface area contributed by atoms with E-state index in [1.165, 1.54) is 18.2 Å². The number of hydrogen-bond acceptors (Lipinski definition) is 9. The number of nitrogens with two attached hydrogens (primary N) is 2. The molecule has 12 heteroatoms. The average Bonchev–Trinajstić information content (AvgIpc) is 3.03. The van der Waals surface area contributed by atoms with E-state index in [2.05, 4.69) is 0 Å². The van der Waals surface area contributed by atoms with Crippen LogP contribution < -0.4 is 16.2 Å². The molecule has 0 spiro atoms. The van der Waals surface area contributed by atoms with Crippen molar-refractivity contribution in [1.29, 1.82) is 0 Å². The molecular formula is C35H45F3N2O7. The number of rotatable bonds is 18. The number of esters is 3. The molecule has 1 aliphatic carbocycles. The minimum atomic E-state index is -4.17. The van der Waals surface area contributed by atoms with Crippen molar-refractivity contribution in [2.45, 2.75) is 89.3 Å². The molecule has 2 aromatic rings. The number of ether oxygens (including phenoxy) is 4. The first-order valence-electron chi connectivity index (χ1n) is 16.2. The molecule has 4 N–H and O–H groups in total. The molecule has 0 aromatic heterocycles. The smallest absolute Gasteiger partial charge is 0.389 e. The van der Waals surface area contributed by atoms with E-state index < -0.39 is 24.5 Å². The van der Waals surface area contributed by atoms with Crippen LogP contribution >= 0.6 is 0 Å². The van der Waals surface area contributed by atoms with Crippen LogP contribution in [-0.2, 0) is 23.8 Å². The Hall–Kier alpha value is -4.06. The SMILES string of the molecule is Nc1cc(N)cc(C(=O)OCCCCCCCCOC(=O)C=Cc2ccc(OC(=O)C3CCC(OCCCC(F)(F)F)CC3)cc2)c1. The quantitative estimate of drug-likeness (QED) is 0.0548. The molecule has 1 saturated carbocycles. The largest absolute Gasteiger partial charge is 0.463 e. The van der Waals surface area contributed by atoms with Gasteiger partial charge in [0.05, 0.1) is 30.8 Å². The second-order valence-corrected chi connectivity index (χ2v) is 11.7. The average molecular weight is 663 g/mol. The molecule has 3 rings (SSSR count). The molecule has 47 heavy (non-hydrogen) atoms. The van der Waals surface area contributed by atoms with Crippen LogP contribution in [0.2, 0.25) is 0 Å². The van der Waals surface area contributed by atoms with Crippen LogP contribution in [-0.4, -0.2) is 50.0 Å². The zero-order valence-corrected chi connectivity index (χ0v) is 26.6. The van der Waals surface area contributed by atoms with Crippen LogP contribution in [0.4, 0.5) is 24.5 Å². The molecule has 2 aromatic carbocycles. The van der Waals surface area contributed by atoms with Crippen molar-refractivity contribution in [1.82, 2.24) is 0 Å². The molecular weight excluding hydrogens is 617 g/mol. The maximum atomic E-state index is 12.6. The van der Waals surface area contributed by atoms with E-state index >= 15 is 0 Å². The van der Waals surface area contributed by atoms with Crippen molar-refractivity contribution in [3.8, 4) is 5.75 Å². The number of halogens is 3. The fourth-order valence-electron chi connectivity index (χ4n) is 5.17. The van der Waals surface area contributed by atoms with Crippen molar-refractivity contribution in [3.05, 3.63) is 59.7 Å². The Labute approximate surface area is 273 Å². The number of carbonyl (C=O) groups excluding carboxylic acids is 3. The molecule has 0 saturated heterocycles. The molecule has 0 unspecified atom stereocenters. The van der Waals surface area contributed by atoms with Crippen LogP contribution in [0.3, 0.4) is 0 Å². The second kappa shape index (κ2) is 19.6. The summed E-state index contributed by atoms with van der Waals surface area (Å²) in [5.74, 6) is -1.11. The van der Waals surface area contributed by atoms with Crippen LogP contribution in [0.15, 0.2) is 48.5 Å². The fraction of sp³-hybridized carbons (Fsp3) is 0.514. The van der Waals surface area contributed by atoms with Crippen LogP contribution in [0, 0.1) is 5.92 Å². The number of anilines is 2. The number of benzene rings is 2. The number of carbonyl (C=O) groups is 3. The van der Waals surface area contributed by atoms with E-state index in [1.807, 2.05) is 0 Å². The summed E-state index contributed by atoms with van der Waals surface area (Å²) in [4.78, 5) is 36.7. The summed E-state index contributed by atoms with van der Waals surface area (Å²) in [5.41, 5.74) is 13.3. The van der Waals surface area contributed by atoms with Gasteiger partial charge in [-0.05, 0) is 86.9 Å². The van der Waals surface area contributed by atoms with Gasteiger partial charge < -0.3 is 30.4 Å². The first-order valence-corrected chi connectivity index (χ1v) is 16.2. The molecule has 0 amide bonds. The zero-order valence-electron chi connectivity index (χ0n) is 26.6. The van der Waals surface area contributed by atoms with Gasteiger partial charge in [0.2, 0.25) is 0 Å². The Morgan fingerprint density at radius 3 is 1.98 bits per heavy atom. The van der Waals surface area contributed by atoms with Crippen LogP contribution in [0.1, 0.15) is 93.0 Å². The van der Waals surface area contributed by atoms with Gasteiger partial charge >= 0.3 is 24.1 Å². The summed E-state index contributed by atoms with van der Waals surface area (Å²) in [6, 6.07) is 11.4. The third-order valence-corrected chi connectivity index (χ3v) is 7.71. The predicted molar refractivity (Wildman–Crippen MR) is 172 cm³/mol. The highest BCUT2D eigenvalue weighted by Crippen LogP contribution is 2.29. The third kappa shape index (κ3) is 15.4. The maximum absolute atomic E-state index is 12.6. The summed E-state index contributed by atoms with van der Waals surface area (Å²) in [5, 5.41) is 0. The Balaban J connectivity index is 1.20. The van der Waals surface area contributed by atoms with Gasteiger partial charge in [-0.2, -0.15) is 13.2 Å². The standard InChI is InChI=1S/C35H45F3N2O7/c36-35(37,38)18-7-21-44-30-15-11-26(12-16-30)34(43)47-31-13-8-25(9-14-31)10-17-32(41)45-19-5-3-1-2-4-6-20-46-33(42)27-22-28(39)24-29(40)23-27/h8-10,13-14,17,22-24,26,30H,1-7,11-12,15-16,18-21,39-40H2. The lowest BCUT2D eigenvalue weighted by atomic mass is 9.87. The van der Waals surface area contributed by atoms with Gasteiger partial charge in [-0.1, -0.05) is 37.8 Å². The Morgan fingerprint density at radius 1 is 0.766 bits per heavy atom. The number of nitrogen functional groups attached to an aromatic ring is 2. The van der Waals surface area contributed by atoms with E-state index in [4.69, 9.17) is 30.4 Å². The lowest BCUT2D eigenvalue weighted by molar-refractivity contribution is -0.143. The van der Waals surface area contributed by atoms with Crippen molar-refractivity contribution < 1.29 is 46.5 Å². The van der Waals surface area contributed by atoms with Gasteiger partial charge in [-0.3, -0.25) is 4.79 Å². The van der Waals surface area contributed by atoms with Crippen molar-refractivity contribution >= 4 is 35.4 Å². The molecule has 1 fully saturated rings. The molecule has 0 radical (unpaired) electrons. The van der Waals surface area contributed by atoms with Crippen LogP contribution in [0.25, 0.3) is 6.08 Å². The number of hydrogen-bond donors (Lipinski definition) is 2. The van der Waals surface area contributed by atoms with Crippen LogP contribution in [0.5, 0.6) is 5.75 Å². The van der Waals surface area contributed by atoms with Gasteiger partial charge in [0.1, 0.15) is 5.75 Å². The highest BCUT2D eigenvalue weighted by Gasteiger charge is 2.29. The Kier molecular flexibility index (Phi) is 15.6. The number of alkyl halides is 3. The molecule has 0 atom stereocenters. The van der Waals surface area contributed by atoms with Crippen molar-refractivity contribution in [3.63, 3.8) is 0 Å². The minimum Gasteiger partial charge on any atom is -0.463 e. The van der Waals surface area contributed by atoms with E-state index in [1.54, 1.807) is 36.4 Å². The van der Waals surface area contributed by atoms with Gasteiger partial charge in [-0.25, -0.2) is 9.59 Å². The molecule has 9 nitrogen and oxygen atoms in total. The van der Waals surface area contributed by atoms with Crippen molar-refractivity contribution in [2.75, 3.05) is 31.3 Å². The van der Waals surface area contributed by atoms with Gasteiger partial charge in [0.15, 0.2) is 0 Å². The van der Waals surface area contributed by atoms with Gasteiger partial charge in [0.25, 0.3) is 0 Å². The minimum absolute atomic E-state index is 0.0615. The summed E-state index contributed by atoms with van der Waals surface area (Å²) in [7, 11) is 0. The van der Waals surface area contributed by atoms with E-state index in [-0.39, 0.29) is 31.0 Å². The predicted octanol–water partition coefficient (Wildman–Crippen LogP) is 7.43. The summed E-state index contributed by atoms with van der Waals surface area (Å²) in [6.45, 7) is 0.712. The molecule has 0 aliphatic heterocycles. The first kappa shape index (κ1) is 37.4. The summed E-state index contributed by atoms with van der Waals surface area (Å²) in [6.07, 6.45) is 5.40. The Morgan fingerprint density at radius 2 is 1.36 bits per heavy atom. The molecule has 258 valence electrons. The van der Waals surface area contributed by atoms with E-state index in [0.717, 1.165) is 44.1 Å². The lowest BCUT2D eigenvalue weighted by Gasteiger charge is -2.27. The van der Waals surface area contributed by atoms with E-state index in [9.17, 15) is 27.6 Å². The topological polar surface area (TPSA) is 140 Å². The summed E-state index contributed by atoms with van der Waals surface area (Å²) < 4.78 is 58.3. The second-order valence-electron chi connectivity index (χ2n) is 11.7. The highest BCUT2D eigenvalue weighted by atomic mass is 19.4. The first-order chi connectivity index (χ1) is 22.5. The zero-order chi connectivity index (χ0) is 34.1. The Bertz CT molecular complexity index is 1290. The summed E-state index contributed by atoms with van der Waals surface area (Å²) >= 11 is 0. The normalized spacial score (nSPS) is 16.6. The monoisotopic (exact) mass is 662 g/mol. The van der Waals surface area contributed by atoms with Gasteiger partial charge in [0, 0.05) is 30.5 Å². The highest BCUT2D eigenvalue weighted by molar-refractivity contribution is 5.91.